The summed E-state index contributed by atoms with van der Waals surface area (Å²) in [7, 11) is 1.66. The fourth-order valence-corrected chi connectivity index (χ4v) is 1.92. The van der Waals surface area contributed by atoms with E-state index in [1.54, 1.807) is 19.2 Å². The first-order valence-corrected chi connectivity index (χ1v) is 6.38. The number of rotatable bonds is 6. The lowest BCUT2D eigenvalue weighted by Gasteiger charge is -2.09. The lowest BCUT2D eigenvalue weighted by molar-refractivity contribution is 0.151. The molecule has 0 radical (unpaired) electrons. The van der Waals surface area contributed by atoms with Gasteiger partial charge in [0.1, 0.15) is 0 Å². The van der Waals surface area contributed by atoms with Crippen LogP contribution in [0.15, 0.2) is 48.5 Å². The molecular formula is C16H17F2NO. The van der Waals surface area contributed by atoms with E-state index in [0.29, 0.717) is 13.2 Å². The summed E-state index contributed by atoms with van der Waals surface area (Å²) < 4.78 is 30.0. The molecule has 0 unspecified atom stereocenters. The van der Waals surface area contributed by atoms with Crippen LogP contribution in [0.3, 0.4) is 0 Å². The van der Waals surface area contributed by atoms with Gasteiger partial charge in [-0.1, -0.05) is 36.4 Å². The Morgan fingerprint density at radius 1 is 1.05 bits per heavy atom. The maximum atomic E-state index is 12.4. The minimum Gasteiger partial charge on any atom is -0.381 e. The molecule has 0 aromatic heterocycles. The first-order valence-electron chi connectivity index (χ1n) is 6.38. The first kappa shape index (κ1) is 14.5. The van der Waals surface area contributed by atoms with E-state index in [1.165, 1.54) is 12.1 Å². The molecule has 0 fully saturated rings. The molecule has 0 spiro atoms. The van der Waals surface area contributed by atoms with Crippen molar-refractivity contribution in [2.24, 2.45) is 0 Å². The highest BCUT2D eigenvalue weighted by Gasteiger charge is 2.05. The van der Waals surface area contributed by atoms with Crippen molar-refractivity contribution in [1.82, 2.24) is 0 Å². The fraction of sp³-hybridized carbons (Fsp3) is 0.250. The van der Waals surface area contributed by atoms with Crippen LogP contribution in [0, 0.1) is 0 Å². The molecule has 106 valence electrons. The Bertz CT molecular complexity index is 540. The van der Waals surface area contributed by atoms with Crippen LogP contribution in [-0.4, -0.2) is 7.11 Å². The third kappa shape index (κ3) is 4.03. The Morgan fingerprint density at radius 2 is 1.80 bits per heavy atom. The standard InChI is InChI=1S/C16H17F2NO/c1-20-11-13-3-2-4-15(9-13)19-10-12-5-7-14(8-6-12)16(17)18/h2-9,16,19H,10-11H2,1H3. The number of nitrogens with one attached hydrogen (secondary N) is 1. The molecule has 0 bridgehead atoms. The highest BCUT2D eigenvalue weighted by atomic mass is 19.3. The van der Waals surface area contributed by atoms with Crippen LogP contribution >= 0.6 is 0 Å². The SMILES string of the molecule is COCc1cccc(NCc2ccc(C(F)F)cc2)c1. The molecule has 2 nitrogen and oxygen atoms in total. The number of halogens is 2. The molecule has 2 rings (SSSR count). The molecular weight excluding hydrogens is 260 g/mol. The predicted molar refractivity (Wildman–Crippen MR) is 75.9 cm³/mol. The van der Waals surface area contributed by atoms with Crippen molar-refractivity contribution in [3.05, 3.63) is 65.2 Å². The van der Waals surface area contributed by atoms with Gasteiger partial charge in [-0.3, -0.25) is 0 Å². The zero-order valence-corrected chi connectivity index (χ0v) is 11.3. The van der Waals surface area contributed by atoms with Crippen LogP contribution in [0.5, 0.6) is 0 Å². The molecule has 20 heavy (non-hydrogen) atoms. The van der Waals surface area contributed by atoms with E-state index in [0.717, 1.165) is 16.8 Å². The lowest BCUT2D eigenvalue weighted by atomic mass is 10.1. The van der Waals surface area contributed by atoms with Crippen molar-refractivity contribution in [1.29, 1.82) is 0 Å². The Balaban J connectivity index is 1.96. The minimum absolute atomic E-state index is 0.0517. The summed E-state index contributed by atoms with van der Waals surface area (Å²) in [5.74, 6) is 0. The monoisotopic (exact) mass is 277 g/mol. The normalized spacial score (nSPS) is 10.8. The highest BCUT2D eigenvalue weighted by molar-refractivity contribution is 5.46. The smallest absolute Gasteiger partial charge is 0.263 e. The molecule has 0 atom stereocenters. The predicted octanol–water partition coefficient (Wildman–Crippen LogP) is 4.38. The van der Waals surface area contributed by atoms with Crippen LogP contribution in [0.4, 0.5) is 14.5 Å². The zero-order chi connectivity index (χ0) is 14.4. The number of hydrogen-bond acceptors (Lipinski definition) is 2. The summed E-state index contributed by atoms with van der Waals surface area (Å²) >= 11 is 0. The summed E-state index contributed by atoms with van der Waals surface area (Å²) in [4.78, 5) is 0. The van der Waals surface area contributed by atoms with Crippen molar-refractivity contribution < 1.29 is 13.5 Å². The molecule has 0 saturated heterocycles. The van der Waals surface area contributed by atoms with E-state index < -0.39 is 6.43 Å². The van der Waals surface area contributed by atoms with Gasteiger partial charge in [-0.05, 0) is 23.3 Å². The molecule has 0 aliphatic rings. The first-order chi connectivity index (χ1) is 9.69. The number of alkyl halides is 2. The number of methoxy groups -OCH3 is 1. The van der Waals surface area contributed by atoms with Crippen molar-refractivity contribution in [3.8, 4) is 0 Å². The van der Waals surface area contributed by atoms with E-state index in [-0.39, 0.29) is 5.56 Å². The molecule has 2 aromatic rings. The summed E-state index contributed by atoms with van der Waals surface area (Å²) in [5, 5.41) is 3.27. The van der Waals surface area contributed by atoms with Gasteiger partial charge < -0.3 is 10.1 Å². The van der Waals surface area contributed by atoms with Crippen LogP contribution in [0.2, 0.25) is 0 Å². The number of anilines is 1. The van der Waals surface area contributed by atoms with Gasteiger partial charge in [-0.15, -0.1) is 0 Å². The van der Waals surface area contributed by atoms with Gasteiger partial charge in [0.2, 0.25) is 0 Å². The van der Waals surface area contributed by atoms with Gasteiger partial charge in [0.25, 0.3) is 6.43 Å². The van der Waals surface area contributed by atoms with E-state index in [1.807, 2.05) is 24.3 Å². The lowest BCUT2D eigenvalue weighted by Crippen LogP contribution is -2.00. The van der Waals surface area contributed by atoms with Crippen LogP contribution in [0.25, 0.3) is 0 Å². The van der Waals surface area contributed by atoms with E-state index in [9.17, 15) is 8.78 Å². The highest BCUT2D eigenvalue weighted by Crippen LogP contribution is 2.19. The topological polar surface area (TPSA) is 21.3 Å². The van der Waals surface area contributed by atoms with Gasteiger partial charge in [0, 0.05) is 24.9 Å². The third-order valence-electron chi connectivity index (χ3n) is 2.97. The van der Waals surface area contributed by atoms with Gasteiger partial charge in [0.05, 0.1) is 6.61 Å². The van der Waals surface area contributed by atoms with E-state index >= 15 is 0 Å². The molecule has 4 heteroatoms. The Morgan fingerprint density at radius 3 is 2.45 bits per heavy atom. The largest absolute Gasteiger partial charge is 0.381 e. The quantitative estimate of drug-likeness (QED) is 0.846. The van der Waals surface area contributed by atoms with E-state index in [4.69, 9.17) is 4.74 Å². The number of hydrogen-bond donors (Lipinski definition) is 1. The van der Waals surface area contributed by atoms with Gasteiger partial charge in [0.15, 0.2) is 0 Å². The second kappa shape index (κ2) is 7.01. The number of ether oxygens (including phenoxy) is 1. The summed E-state index contributed by atoms with van der Waals surface area (Å²) in [6.07, 6.45) is -2.41. The summed E-state index contributed by atoms with van der Waals surface area (Å²) in [5.41, 5.74) is 3.09. The molecule has 0 amide bonds. The van der Waals surface area contributed by atoms with Gasteiger partial charge in [-0.2, -0.15) is 0 Å². The molecule has 0 heterocycles. The van der Waals surface area contributed by atoms with Crippen LogP contribution < -0.4 is 5.32 Å². The molecule has 0 aliphatic carbocycles. The van der Waals surface area contributed by atoms with Gasteiger partial charge in [-0.25, -0.2) is 8.78 Å². The second-order valence-electron chi connectivity index (χ2n) is 4.53. The Hall–Kier alpha value is -1.94. The van der Waals surface area contributed by atoms with Gasteiger partial charge >= 0.3 is 0 Å². The van der Waals surface area contributed by atoms with Crippen LogP contribution in [0.1, 0.15) is 23.1 Å². The van der Waals surface area contributed by atoms with Crippen molar-refractivity contribution in [2.45, 2.75) is 19.6 Å². The second-order valence-corrected chi connectivity index (χ2v) is 4.53. The van der Waals surface area contributed by atoms with Crippen LogP contribution in [-0.2, 0) is 17.9 Å². The van der Waals surface area contributed by atoms with E-state index in [2.05, 4.69) is 5.32 Å². The zero-order valence-electron chi connectivity index (χ0n) is 11.3. The van der Waals surface area contributed by atoms with Crippen molar-refractivity contribution in [3.63, 3.8) is 0 Å². The molecule has 0 saturated carbocycles. The summed E-state index contributed by atoms with van der Waals surface area (Å²) in [6.45, 7) is 1.17. The maximum Gasteiger partial charge on any atom is 0.263 e. The minimum atomic E-state index is -2.41. The molecule has 2 aromatic carbocycles. The molecule has 0 aliphatic heterocycles. The third-order valence-corrected chi connectivity index (χ3v) is 2.97. The average molecular weight is 277 g/mol. The molecule has 1 N–H and O–H groups in total. The maximum absolute atomic E-state index is 12.4. The Kier molecular flexibility index (Phi) is 5.07. The van der Waals surface area contributed by atoms with Crippen molar-refractivity contribution >= 4 is 5.69 Å². The van der Waals surface area contributed by atoms with Crippen molar-refractivity contribution in [2.75, 3.05) is 12.4 Å². The fourth-order valence-electron chi connectivity index (χ4n) is 1.92. The number of benzene rings is 2. The average Bonchev–Trinajstić information content (AvgIpc) is 2.46. The summed E-state index contributed by atoms with van der Waals surface area (Å²) in [6, 6.07) is 14.3. The Labute approximate surface area is 117 Å².